The molecule has 19 heavy (non-hydrogen) atoms. The predicted octanol–water partition coefficient (Wildman–Crippen LogP) is 1.84. The van der Waals surface area contributed by atoms with Crippen LogP contribution < -0.4 is 15.4 Å². The molecule has 104 valence electrons. The fourth-order valence-electron chi connectivity index (χ4n) is 2.30. The summed E-state index contributed by atoms with van der Waals surface area (Å²) in [5.41, 5.74) is 1.06. The lowest BCUT2D eigenvalue weighted by atomic mass is 10.0. The minimum absolute atomic E-state index is 0.0242. The molecule has 4 heteroatoms. The molecule has 1 heterocycles. The summed E-state index contributed by atoms with van der Waals surface area (Å²) in [6, 6.07) is 7.82. The third-order valence-corrected chi connectivity index (χ3v) is 3.30. The minimum Gasteiger partial charge on any atom is -0.494 e. The van der Waals surface area contributed by atoms with Crippen molar-refractivity contribution < 1.29 is 9.53 Å². The number of hydrogen-bond acceptors (Lipinski definition) is 3. The normalized spacial score (nSPS) is 18.9. The van der Waals surface area contributed by atoms with E-state index in [-0.39, 0.29) is 11.9 Å². The van der Waals surface area contributed by atoms with Crippen molar-refractivity contribution in [3.63, 3.8) is 0 Å². The molecule has 1 fully saturated rings. The average molecular weight is 262 g/mol. The number of carbonyl (C=O) groups is 1. The van der Waals surface area contributed by atoms with E-state index in [0.29, 0.717) is 13.2 Å². The topological polar surface area (TPSA) is 50.4 Å². The monoisotopic (exact) mass is 262 g/mol. The molecule has 1 amide bonds. The maximum atomic E-state index is 12.0. The van der Waals surface area contributed by atoms with Gasteiger partial charge in [-0.15, -0.1) is 0 Å². The van der Waals surface area contributed by atoms with Gasteiger partial charge >= 0.3 is 0 Å². The van der Waals surface area contributed by atoms with Crippen LogP contribution in [0.25, 0.3) is 0 Å². The lowest BCUT2D eigenvalue weighted by Crippen LogP contribution is -2.46. The number of nitrogens with one attached hydrogen (secondary N) is 2. The van der Waals surface area contributed by atoms with E-state index in [1.807, 2.05) is 31.2 Å². The summed E-state index contributed by atoms with van der Waals surface area (Å²) in [5.74, 6) is 0.951. The highest BCUT2D eigenvalue weighted by Gasteiger charge is 2.19. The summed E-state index contributed by atoms with van der Waals surface area (Å²) in [4.78, 5) is 12.0. The lowest BCUT2D eigenvalue weighted by molar-refractivity contribution is -0.123. The molecule has 1 saturated heterocycles. The molecule has 0 bridgehead atoms. The summed E-state index contributed by atoms with van der Waals surface area (Å²) in [6.07, 6.45) is 3.23. The Labute approximate surface area is 114 Å². The van der Waals surface area contributed by atoms with Crippen LogP contribution in [0.4, 0.5) is 0 Å². The van der Waals surface area contributed by atoms with E-state index in [1.165, 1.54) is 6.42 Å². The van der Waals surface area contributed by atoms with Crippen molar-refractivity contribution >= 4 is 5.91 Å². The van der Waals surface area contributed by atoms with Crippen molar-refractivity contribution in [3.8, 4) is 5.75 Å². The molecule has 1 aromatic carbocycles. The average Bonchev–Trinajstić information content (AvgIpc) is 2.46. The standard InChI is InChI=1S/C15H22N2O2/c1-2-19-13-7-5-6-12(10-13)11-17-15(18)14-8-3-4-9-16-14/h5-7,10,14,16H,2-4,8-9,11H2,1H3,(H,17,18)/t14-/m1/s1. The van der Waals surface area contributed by atoms with Crippen LogP contribution in [0.2, 0.25) is 0 Å². The number of ether oxygens (including phenoxy) is 1. The molecule has 0 radical (unpaired) electrons. The third kappa shape index (κ3) is 4.24. The molecule has 1 aromatic rings. The Morgan fingerprint density at radius 1 is 1.47 bits per heavy atom. The van der Waals surface area contributed by atoms with Crippen molar-refractivity contribution in [2.45, 2.75) is 38.8 Å². The Bertz CT molecular complexity index is 414. The van der Waals surface area contributed by atoms with Gasteiger partial charge in [-0.1, -0.05) is 18.6 Å². The van der Waals surface area contributed by atoms with E-state index >= 15 is 0 Å². The van der Waals surface area contributed by atoms with Crippen LogP contribution in [0.1, 0.15) is 31.7 Å². The van der Waals surface area contributed by atoms with E-state index in [9.17, 15) is 4.79 Å². The van der Waals surface area contributed by atoms with E-state index in [1.54, 1.807) is 0 Å². The zero-order valence-corrected chi connectivity index (χ0v) is 11.4. The predicted molar refractivity (Wildman–Crippen MR) is 75.1 cm³/mol. The second-order valence-electron chi connectivity index (χ2n) is 4.80. The van der Waals surface area contributed by atoms with Gasteiger partial charge in [0.05, 0.1) is 12.6 Å². The second kappa shape index (κ2) is 7.14. The van der Waals surface area contributed by atoms with E-state index in [0.717, 1.165) is 30.7 Å². The fraction of sp³-hybridized carbons (Fsp3) is 0.533. The highest BCUT2D eigenvalue weighted by molar-refractivity contribution is 5.81. The number of piperidine rings is 1. The molecule has 0 unspecified atom stereocenters. The molecule has 0 aliphatic carbocycles. The summed E-state index contributed by atoms with van der Waals surface area (Å²) in [7, 11) is 0. The van der Waals surface area contributed by atoms with Gasteiger partial charge in [-0.3, -0.25) is 4.79 Å². The van der Waals surface area contributed by atoms with Crippen molar-refractivity contribution in [2.24, 2.45) is 0 Å². The summed E-state index contributed by atoms with van der Waals surface area (Å²) in [6.45, 7) is 4.11. The molecular formula is C15H22N2O2. The van der Waals surface area contributed by atoms with E-state index in [2.05, 4.69) is 10.6 Å². The first kappa shape index (κ1) is 13.9. The molecule has 1 aliphatic heterocycles. The van der Waals surface area contributed by atoms with Crippen molar-refractivity contribution in [2.75, 3.05) is 13.2 Å². The molecular weight excluding hydrogens is 240 g/mol. The first-order valence-corrected chi connectivity index (χ1v) is 7.02. The van der Waals surface area contributed by atoms with E-state index < -0.39 is 0 Å². The molecule has 1 atom stereocenters. The van der Waals surface area contributed by atoms with E-state index in [4.69, 9.17) is 4.74 Å². The van der Waals surface area contributed by atoms with Gasteiger partial charge in [0.15, 0.2) is 0 Å². The first-order chi connectivity index (χ1) is 9.29. The largest absolute Gasteiger partial charge is 0.494 e. The number of carbonyl (C=O) groups excluding carboxylic acids is 1. The van der Waals surface area contributed by atoms with Gasteiger partial charge in [-0.25, -0.2) is 0 Å². The minimum atomic E-state index is -0.0242. The van der Waals surface area contributed by atoms with Gasteiger partial charge in [0, 0.05) is 6.54 Å². The molecule has 0 aromatic heterocycles. The Morgan fingerprint density at radius 3 is 3.11 bits per heavy atom. The smallest absolute Gasteiger partial charge is 0.237 e. The zero-order valence-electron chi connectivity index (χ0n) is 11.4. The van der Waals surface area contributed by atoms with Gasteiger partial charge < -0.3 is 15.4 Å². The number of amides is 1. The third-order valence-electron chi connectivity index (χ3n) is 3.30. The fourth-order valence-corrected chi connectivity index (χ4v) is 2.30. The maximum Gasteiger partial charge on any atom is 0.237 e. The number of rotatable bonds is 5. The summed E-state index contributed by atoms with van der Waals surface area (Å²) in [5, 5.41) is 6.23. The van der Waals surface area contributed by atoms with Crippen LogP contribution in [0.15, 0.2) is 24.3 Å². The SMILES string of the molecule is CCOc1cccc(CNC(=O)[C@H]2CCCCN2)c1. The highest BCUT2D eigenvalue weighted by atomic mass is 16.5. The van der Waals surface area contributed by atoms with Crippen LogP contribution in [0.5, 0.6) is 5.75 Å². The van der Waals surface area contributed by atoms with Crippen LogP contribution in [-0.2, 0) is 11.3 Å². The Kier molecular flexibility index (Phi) is 5.21. The van der Waals surface area contributed by atoms with Crippen molar-refractivity contribution in [3.05, 3.63) is 29.8 Å². The summed E-state index contributed by atoms with van der Waals surface area (Å²) < 4.78 is 5.44. The Morgan fingerprint density at radius 2 is 2.37 bits per heavy atom. The maximum absolute atomic E-state index is 12.0. The highest BCUT2D eigenvalue weighted by Crippen LogP contribution is 2.13. The van der Waals surface area contributed by atoms with Crippen LogP contribution in [0, 0.1) is 0 Å². The number of benzene rings is 1. The van der Waals surface area contributed by atoms with Gasteiger partial charge in [0.2, 0.25) is 5.91 Å². The second-order valence-corrected chi connectivity index (χ2v) is 4.80. The molecule has 1 aliphatic rings. The Hall–Kier alpha value is -1.55. The molecule has 2 N–H and O–H groups in total. The van der Waals surface area contributed by atoms with Crippen molar-refractivity contribution in [1.29, 1.82) is 0 Å². The zero-order chi connectivity index (χ0) is 13.5. The molecule has 2 rings (SSSR count). The van der Waals surface area contributed by atoms with Gasteiger partial charge in [-0.05, 0) is 44.0 Å². The lowest BCUT2D eigenvalue weighted by Gasteiger charge is -2.22. The first-order valence-electron chi connectivity index (χ1n) is 7.02. The van der Waals surface area contributed by atoms with Crippen molar-refractivity contribution in [1.82, 2.24) is 10.6 Å². The molecule has 0 saturated carbocycles. The summed E-state index contributed by atoms with van der Waals surface area (Å²) >= 11 is 0. The molecule has 0 spiro atoms. The molecule has 4 nitrogen and oxygen atoms in total. The Balaban J connectivity index is 1.83. The van der Waals surface area contributed by atoms with Gasteiger partial charge in [0.25, 0.3) is 0 Å². The van der Waals surface area contributed by atoms with Gasteiger partial charge in [0.1, 0.15) is 5.75 Å². The number of hydrogen-bond donors (Lipinski definition) is 2. The quantitative estimate of drug-likeness (QED) is 0.851. The van der Waals surface area contributed by atoms with Crippen LogP contribution >= 0.6 is 0 Å². The van der Waals surface area contributed by atoms with Crippen LogP contribution in [-0.4, -0.2) is 25.1 Å². The van der Waals surface area contributed by atoms with Gasteiger partial charge in [-0.2, -0.15) is 0 Å². The van der Waals surface area contributed by atoms with Crippen LogP contribution in [0.3, 0.4) is 0 Å².